The van der Waals surface area contributed by atoms with Crippen molar-refractivity contribution in [3.05, 3.63) is 77.9 Å². The number of rotatable bonds is 8. The van der Waals surface area contributed by atoms with E-state index in [1.54, 1.807) is 18.2 Å². The van der Waals surface area contributed by atoms with Crippen LogP contribution in [0.15, 0.2) is 76.5 Å². The van der Waals surface area contributed by atoms with Gasteiger partial charge in [0.05, 0.1) is 22.5 Å². The van der Waals surface area contributed by atoms with Gasteiger partial charge in [-0.05, 0) is 79.9 Å². The number of aryl methyl sites for hydroxylation is 1. The molecule has 1 heterocycles. The van der Waals surface area contributed by atoms with E-state index >= 15 is 0 Å². The van der Waals surface area contributed by atoms with Gasteiger partial charge in [-0.3, -0.25) is 9.52 Å². The summed E-state index contributed by atoms with van der Waals surface area (Å²) in [5, 5.41) is 2.68. The third-order valence-electron chi connectivity index (χ3n) is 6.06. The number of sulfonamides is 2. The Morgan fingerprint density at radius 3 is 2.16 bits per heavy atom. The highest BCUT2D eigenvalue weighted by molar-refractivity contribution is 7.92. The third-order valence-corrected chi connectivity index (χ3v) is 9.35. The lowest BCUT2D eigenvalue weighted by Gasteiger charge is -2.26. The summed E-state index contributed by atoms with van der Waals surface area (Å²) in [6.45, 7) is 2.76. The Morgan fingerprint density at radius 2 is 1.51 bits per heavy atom. The number of hydrogen-bond acceptors (Lipinski definition) is 6. The normalized spacial score (nSPS) is 14.6. The average molecular weight is 544 g/mol. The van der Waals surface area contributed by atoms with Crippen LogP contribution in [-0.2, 0) is 20.0 Å². The van der Waals surface area contributed by atoms with Gasteiger partial charge in [-0.1, -0.05) is 18.6 Å². The molecule has 1 aliphatic heterocycles. The van der Waals surface area contributed by atoms with Gasteiger partial charge in [-0.25, -0.2) is 16.8 Å². The molecule has 3 aromatic rings. The number of piperidine rings is 1. The first-order chi connectivity index (χ1) is 17.6. The number of anilines is 2. The number of carbonyl (C=O) groups is 1. The Bertz CT molecular complexity index is 1500. The largest absolute Gasteiger partial charge is 0.496 e. The second-order valence-corrected chi connectivity index (χ2v) is 12.4. The lowest BCUT2D eigenvalue weighted by Crippen LogP contribution is -2.35. The first-order valence-electron chi connectivity index (χ1n) is 11.8. The maximum Gasteiger partial charge on any atom is 0.261 e. The van der Waals surface area contributed by atoms with Gasteiger partial charge in [-0.15, -0.1) is 0 Å². The molecule has 0 aromatic heterocycles. The summed E-state index contributed by atoms with van der Waals surface area (Å²) in [5.41, 5.74) is 1.76. The molecule has 0 radical (unpaired) electrons. The van der Waals surface area contributed by atoms with Gasteiger partial charge in [0.15, 0.2) is 0 Å². The van der Waals surface area contributed by atoms with Crippen molar-refractivity contribution in [2.24, 2.45) is 0 Å². The minimum atomic E-state index is -3.82. The number of amides is 1. The van der Waals surface area contributed by atoms with Crippen molar-refractivity contribution in [2.45, 2.75) is 36.0 Å². The summed E-state index contributed by atoms with van der Waals surface area (Å²) in [6, 6.07) is 16.9. The fraction of sp³-hybridized carbons (Fsp3) is 0.269. The number of carbonyl (C=O) groups excluding carboxylic acids is 1. The first-order valence-corrected chi connectivity index (χ1v) is 14.7. The lowest BCUT2D eigenvalue weighted by molar-refractivity contribution is 0.102. The molecule has 4 rings (SSSR count). The van der Waals surface area contributed by atoms with Crippen LogP contribution in [0.2, 0.25) is 0 Å². The first kappa shape index (κ1) is 26.6. The molecular weight excluding hydrogens is 514 g/mol. The van der Waals surface area contributed by atoms with Crippen molar-refractivity contribution >= 4 is 37.3 Å². The van der Waals surface area contributed by atoms with Crippen molar-refractivity contribution in [1.29, 1.82) is 0 Å². The molecule has 0 atom stereocenters. The molecule has 0 aliphatic carbocycles. The van der Waals surface area contributed by atoms with E-state index in [9.17, 15) is 21.6 Å². The van der Waals surface area contributed by atoms with Crippen LogP contribution in [-0.4, -0.2) is 47.2 Å². The number of nitrogens with one attached hydrogen (secondary N) is 2. The minimum absolute atomic E-state index is 0.0176. The van der Waals surface area contributed by atoms with Gasteiger partial charge in [0, 0.05) is 24.5 Å². The van der Waals surface area contributed by atoms with Crippen LogP contribution >= 0.6 is 0 Å². The van der Waals surface area contributed by atoms with Crippen LogP contribution in [0.5, 0.6) is 5.75 Å². The molecule has 37 heavy (non-hydrogen) atoms. The molecule has 9 nitrogen and oxygen atoms in total. The number of ether oxygens (including phenoxy) is 1. The Labute approximate surface area is 217 Å². The van der Waals surface area contributed by atoms with Crippen molar-refractivity contribution < 1.29 is 26.4 Å². The molecule has 2 N–H and O–H groups in total. The zero-order valence-corrected chi connectivity index (χ0v) is 22.2. The van der Waals surface area contributed by atoms with Crippen LogP contribution < -0.4 is 14.8 Å². The SMILES string of the molecule is COc1ccc(S(=O)(=O)N2CCCCC2)cc1C(=O)Nc1ccc(S(=O)(=O)Nc2cccc(C)c2)cc1. The predicted molar refractivity (Wildman–Crippen MR) is 142 cm³/mol. The van der Waals surface area contributed by atoms with E-state index in [0.717, 1.165) is 24.8 Å². The molecule has 0 spiro atoms. The molecule has 1 aliphatic rings. The van der Waals surface area contributed by atoms with E-state index in [2.05, 4.69) is 10.0 Å². The molecule has 0 unspecified atom stereocenters. The molecular formula is C26H29N3O6S2. The Kier molecular flexibility index (Phi) is 7.86. The minimum Gasteiger partial charge on any atom is -0.496 e. The van der Waals surface area contributed by atoms with Gasteiger partial charge < -0.3 is 10.1 Å². The predicted octanol–water partition coefficient (Wildman–Crippen LogP) is 4.23. The summed E-state index contributed by atoms with van der Waals surface area (Å²) in [4.78, 5) is 13.1. The molecule has 3 aromatic carbocycles. The van der Waals surface area contributed by atoms with E-state index < -0.39 is 26.0 Å². The highest BCUT2D eigenvalue weighted by Gasteiger charge is 2.27. The fourth-order valence-corrected chi connectivity index (χ4v) is 6.71. The van der Waals surface area contributed by atoms with Crippen molar-refractivity contribution in [2.75, 3.05) is 30.2 Å². The second kappa shape index (κ2) is 10.9. The monoisotopic (exact) mass is 543 g/mol. The Hall–Kier alpha value is -3.41. The maximum atomic E-state index is 13.1. The summed E-state index contributed by atoms with van der Waals surface area (Å²) in [7, 11) is -6.17. The molecule has 196 valence electrons. The molecule has 0 saturated carbocycles. The second-order valence-electron chi connectivity index (χ2n) is 8.78. The van der Waals surface area contributed by atoms with Gasteiger partial charge in [0.2, 0.25) is 10.0 Å². The number of methoxy groups -OCH3 is 1. The summed E-state index contributed by atoms with van der Waals surface area (Å²) in [5.74, 6) is -0.363. The quantitative estimate of drug-likeness (QED) is 0.439. The van der Waals surface area contributed by atoms with Crippen LogP contribution in [0, 0.1) is 6.92 Å². The average Bonchev–Trinajstić information content (AvgIpc) is 2.89. The Morgan fingerprint density at radius 1 is 0.838 bits per heavy atom. The molecule has 1 saturated heterocycles. The lowest BCUT2D eigenvalue weighted by atomic mass is 10.2. The Balaban J connectivity index is 1.53. The number of benzene rings is 3. The number of hydrogen-bond donors (Lipinski definition) is 2. The van der Waals surface area contributed by atoms with Crippen LogP contribution in [0.25, 0.3) is 0 Å². The van der Waals surface area contributed by atoms with Gasteiger partial charge in [0.1, 0.15) is 5.75 Å². The molecule has 0 bridgehead atoms. The third kappa shape index (κ3) is 6.12. The zero-order chi connectivity index (χ0) is 26.6. The van der Waals surface area contributed by atoms with E-state index in [1.807, 2.05) is 13.0 Å². The topological polar surface area (TPSA) is 122 Å². The van der Waals surface area contributed by atoms with E-state index in [4.69, 9.17) is 4.74 Å². The van der Waals surface area contributed by atoms with E-state index in [-0.39, 0.29) is 21.1 Å². The summed E-state index contributed by atoms with van der Waals surface area (Å²) >= 11 is 0. The highest BCUT2D eigenvalue weighted by atomic mass is 32.2. The van der Waals surface area contributed by atoms with Crippen LogP contribution in [0.4, 0.5) is 11.4 Å². The molecule has 11 heteroatoms. The smallest absolute Gasteiger partial charge is 0.261 e. The van der Waals surface area contributed by atoms with E-state index in [1.165, 1.54) is 53.9 Å². The highest BCUT2D eigenvalue weighted by Crippen LogP contribution is 2.27. The van der Waals surface area contributed by atoms with Gasteiger partial charge in [0.25, 0.3) is 15.9 Å². The van der Waals surface area contributed by atoms with E-state index in [0.29, 0.717) is 24.5 Å². The van der Waals surface area contributed by atoms with Crippen LogP contribution in [0.3, 0.4) is 0 Å². The maximum absolute atomic E-state index is 13.1. The molecule has 1 amide bonds. The summed E-state index contributed by atoms with van der Waals surface area (Å²) in [6.07, 6.45) is 2.59. The standard InChI is InChI=1S/C26H29N3O6S2/c1-19-7-6-8-21(17-19)28-36(31,32)22-11-9-20(10-12-22)27-26(30)24-18-23(13-14-25(24)35-2)37(33,34)29-15-4-3-5-16-29/h6-14,17-18,28H,3-5,15-16H2,1-2H3,(H,27,30). The van der Waals surface area contributed by atoms with Crippen molar-refractivity contribution in [3.63, 3.8) is 0 Å². The van der Waals surface area contributed by atoms with Gasteiger partial charge in [-0.2, -0.15) is 4.31 Å². The van der Waals surface area contributed by atoms with Gasteiger partial charge >= 0.3 is 0 Å². The number of nitrogens with zero attached hydrogens (tertiary/aromatic N) is 1. The molecule has 1 fully saturated rings. The zero-order valence-electron chi connectivity index (χ0n) is 20.6. The fourth-order valence-electron chi connectivity index (χ4n) is 4.12. The van der Waals surface area contributed by atoms with Crippen molar-refractivity contribution in [3.8, 4) is 5.75 Å². The van der Waals surface area contributed by atoms with Crippen molar-refractivity contribution in [1.82, 2.24) is 4.31 Å². The summed E-state index contributed by atoms with van der Waals surface area (Å²) < 4.78 is 60.9. The van der Waals surface area contributed by atoms with Crippen LogP contribution in [0.1, 0.15) is 35.2 Å².